The maximum atomic E-state index is 14.0. The fourth-order valence-electron chi connectivity index (χ4n) is 3.54. The van der Waals surface area contributed by atoms with E-state index in [2.05, 4.69) is 33.1 Å². The normalized spacial score (nSPS) is 14.2. The summed E-state index contributed by atoms with van der Waals surface area (Å²) in [4.78, 5) is 13.4. The number of aromatic nitrogens is 2. The van der Waals surface area contributed by atoms with Crippen molar-refractivity contribution in [2.75, 3.05) is 41.3 Å². The SMILES string of the molecule is CCc1ccccc1Nc1nccc(N2CCN(c3ccccc3F)CC2)n1. The van der Waals surface area contributed by atoms with E-state index in [1.807, 2.05) is 36.4 Å². The predicted octanol–water partition coefficient (Wildman–Crippen LogP) is 4.25. The second kappa shape index (κ2) is 8.25. The second-order valence-corrected chi connectivity index (χ2v) is 6.80. The number of nitrogens with zero attached hydrogens (tertiary/aromatic N) is 4. The van der Waals surface area contributed by atoms with Crippen LogP contribution >= 0.6 is 0 Å². The van der Waals surface area contributed by atoms with E-state index in [9.17, 15) is 4.39 Å². The van der Waals surface area contributed by atoms with Gasteiger partial charge in [0.05, 0.1) is 5.69 Å². The average Bonchev–Trinajstić information content (AvgIpc) is 2.75. The summed E-state index contributed by atoms with van der Waals surface area (Å²) in [6.45, 7) is 5.22. The van der Waals surface area contributed by atoms with E-state index in [0.29, 0.717) is 11.6 Å². The lowest BCUT2D eigenvalue weighted by atomic mass is 10.1. The van der Waals surface area contributed by atoms with Crippen molar-refractivity contribution < 1.29 is 4.39 Å². The molecule has 0 bridgehead atoms. The van der Waals surface area contributed by atoms with E-state index in [4.69, 9.17) is 4.98 Å². The number of anilines is 4. The third-order valence-electron chi connectivity index (χ3n) is 5.08. The smallest absolute Gasteiger partial charge is 0.229 e. The zero-order valence-electron chi connectivity index (χ0n) is 16.0. The number of hydrogen-bond donors (Lipinski definition) is 1. The number of halogens is 1. The molecule has 0 unspecified atom stereocenters. The summed E-state index contributed by atoms with van der Waals surface area (Å²) >= 11 is 0. The van der Waals surface area contributed by atoms with E-state index < -0.39 is 0 Å². The molecule has 1 fully saturated rings. The van der Waals surface area contributed by atoms with Crippen LogP contribution in [0.1, 0.15) is 12.5 Å². The summed E-state index contributed by atoms with van der Waals surface area (Å²) in [5.74, 6) is 1.31. The lowest BCUT2D eigenvalue weighted by Gasteiger charge is -2.36. The standard InChI is InChI=1S/C22H24FN5/c1-2-17-7-3-5-9-19(17)25-22-24-12-11-21(26-22)28-15-13-27(14-16-28)20-10-6-4-8-18(20)23/h3-12H,2,13-16H2,1H3,(H,24,25,26). The summed E-state index contributed by atoms with van der Waals surface area (Å²) in [5, 5.41) is 3.34. The number of nitrogens with one attached hydrogen (secondary N) is 1. The van der Waals surface area contributed by atoms with E-state index in [0.717, 1.165) is 44.1 Å². The molecule has 0 radical (unpaired) electrons. The van der Waals surface area contributed by atoms with Crippen LogP contribution in [0.25, 0.3) is 0 Å². The first kappa shape index (κ1) is 18.2. The van der Waals surface area contributed by atoms with E-state index in [1.54, 1.807) is 12.3 Å². The van der Waals surface area contributed by atoms with Gasteiger partial charge in [0.25, 0.3) is 0 Å². The molecule has 6 heteroatoms. The van der Waals surface area contributed by atoms with Gasteiger partial charge in [0.1, 0.15) is 11.6 Å². The molecule has 1 saturated heterocycles. The summed E-state index contributed by atoms with van der Waals surface area (Å²) in [6, 6.07) is 17.1. The molecule has 28 heavy (non-hydrogen) atoms. The Balaban J connectivity index is 1.45. The highest BCUT2D eigenvalue weighted by Gasteiger charge is 2.20. The number of para-hydroxylation sites is 2. The minimum Gasteiger partial charge on any atom is -0.366 e. The Labute approximate surface area is 164 Å². The highest BCUT2D eigenvalue weighted by molar-refractivity contribution is 5.59. The predicted molar refractivity (Wildman–Crippen MR) is 112 cm³/mol. The minimum atomic E-state index is -0.168. The molecule has 1 aliphatic rings. The van der Waals surface area contributed by atoms with Crippen LogP contribution in [0.2, 0.25) is 0 Å². The monoisotopic (exact) mass is 377 g/mol. The molecule has 1 aliphatic heterocycles. The van der Waals surface area contributed by atoms with Crippen LogP contribution < -0.4 is 15.1 Å². The topological polar surface area (TPSA) is 44.3 Å². The van der Waals surface area contributed by atoms with Gasteiger partial charge in [-0.3, -0.25) is 0 Å². The fourth-order valence-corrected chi connectivity index (χ4v) is 3.54. The molecular weight excluding hydrogens is 353 g/mol. The molecule has 2 aromatic carbocycles. The number of aryl methyl sites for hydroxylation is 1. The summed E-state index contributed by atoms with van der Waals surface area (Å²) in [7, 11) is 0. The Bertz CT molecular complexity index is 937. The Hall–Kier alpha value is -3.15. The molecule has 0 saturated carbocycles. The minimum absolute atomic E-state index is 0.168. The first-order valence-corrected chi connectivity index (χ1v) is 9.67. The van der Waals surface area contributed by atoms with E-state index in [1.165, 1.54) is 11.6 Å². The highest BCUT2D eigenvalue weighted by atomic mass is 19.1. The molecule has 3 aromatic rings. The van der Waals surface area contributed by atoms with Gasteiger partial charge in [-0.1, -0.05) is 37.3 Å². The molecule has 1 N–H and O–H groups in total. The lowest BCUT2D eigenvalue weighted by molar-refractivity contribution is 0.596. The van der Waals surface area contributed by atoms with Crippen molar-refractivity contribution in [3.05, 3.63) is 72.2 Å². The summed E-state index contributed by atoms with van der Waals surface area (Å²) < 4.78 is 14.0. The van der Waals surface area contributed by atoms with Crippen molar-refractivity contribution in [2.45, 2.75) is 13.3 Å². The Kier molecular flexibility index (Phi) is 5.37. The van der Waals surface area contributed by atoms with Crippen molar-refractivity contribution >= 4 is 23.1 Å². The van der Waals surface area contributed by atoms with Gasteiger partial charge in [0.15, 0.2) is 0 Å². The third kappa shape index (κ3) is 3.91. The van der Waals surface area contributed by atoms with Gasteiger partial charge in [0, 0.05) is 38.1 Å². The van der Waals surface area contributed by atoms with Crippen LogP contribution in [0.15, 0.2) is 60.8 Å². The first-order chi connectivity index (χ1) is 13.7. The molecule has 0 aliphatic carbocycles. The van der Waals surface area contributed by atoms with Gasteiger partial charge in [-0.25, -0.2) is 9.37 Å². The van der Waals surface area contributed by atoms with Crippen LogP contribution in [-0.4, -0.2) is 36.1 Å². The van der Waals surface area contributed by atoms with Gasteiger partial charge in [-0.05, 0) is 36.2 Å². The van der Waals surface area contributed by atoms with Crippen LogP contribution in [0.4, 0.5) is 27.5 Å². The Morgan fingerprint density at radius 1 is 0.929 bits per heavy atom. The van der Waals surface area contributed by atoms with Gasteiger partial charge in [-0.2, -0.15) is 4.98 Å². The lowest BCUT2D eigenvalue weighted by Crippen LogP contribution is -2.47. The van der Waals surface area contributed by atoms with Crippen LogP contribution in [0.3, 0.4) is 0 Å². The van der Waals surface area contributed by atoms with Gasteiger partial charge in [-0.15, -0.1) is 0 Å². The number of rotatable bonds is 5. The quantitative estimate of drug-likeness (QED) is 0.720. The average molecular weight is 377 g/mol. The van der Waals surface area contributed by atoms with Crippen LogP contribution in [0, 0.1) is 5.82 Å². The molecule has 0 amide bonds. The maximum Gasteiger partial charge on any atom is 0.229 e. The van der Waals surface area contributed by atoms with E-state index in [-0.39, 0.29) is 5.82 Å². The maximum absolute atomic E-state index is 14.0. The number of hydrogen-bond acceptors (Lipinski definition) is 5. The Morgan fingerprint density at radius 3 is 2.43 bits per heavy atom. The fraction of sp³-hybridized carbons (Fsp3) is 0.273. The zero-order chi connectivity index (χ0) is 19.3. The van der Waals surface area contributed by atoms with Crippen LogP contribution in [-0.2, 0) is 6.42 Å². The molecule has 1 aromatic heterocycles. The molecular formula is C22H24FN5. The third-order valence-corrected chi connectivity index (χ3v) is 5.08. The molecule has 144 valence electrons. The molecule has 5 nitrogen and oxygen atoms in total. The molecule has 2 heterocycles. The molecule has 0 atom stereocenters. The second-order valence-electron chi connectivity index (χ2n) is 6.80. The largest absolute Gasteiger partial charge is 0.366 e. The van der Waals surface area contributed by atoms with Crippen molar-refractivity contribution in [3.63, 3.8) is 0 Å². The number of piperazine rings is 1. The highest BCUT2D eigenvalue weighted by Crippen LogP contribution is 2.23. The zero-order valence-corrected chi connectivity index (χ0v) is 16.0. The van der Waals surface area contributed by atoms with Crippen LogP contribution in [0.5, 0.6) is 0 Å². The van der Waals surface area contributed by atoms with Gasteiger partial charge >= 0.3 is 0 Å². The van der Waals surface area contributed by atoms with Gasteiger partial charge < -0.3 is 15.1 Å². The summed E-state index contributed by atoms with van der Waals surface area (Å²) in [6.07, 6.45) is 2.73. The van der Waals surface area contributed by atoms with Crippen molar-refractivity contribution in [1.82, 2.24) is 9.97 Å². The molecule has 4 rings (SSSR count). The van der Waals surface area contributed by atoms with Gasteiger partial charge in [0.2, 0.25) is 5.95 Å². The summed E-state index contributed by atoms with van der Waals surface area (Å²) in [5.41, 5.74) is 2.94. The van der Waals surface area contributed by atoms with Crippen molar-refractivity contribution in [1.29, 1.82) is 0 Å². The Morgan fingerprint density at radius 2 is 1.64 bits per heavy atom. The van der Waals surface area contributed by atoms with E-state index >= 15 is 0 Å². The first-order valence-electron chi connectivity index (χ1n) is 9.67. The van der Waals surface area contributed by atoms with Crippen molar-refractivity contribution in [2.24, 2.45) is 0 Å². The van der Waals surface area contributed by atoms with Crippen molar-refractivity contribution in [3.8, 4) is 0 Å². The number of benzene rings is 2. The molecule has 0 spiro atoms.